The van der Waals surface area contributed by atoms with Gasteiger partial charge in [0.05, 0.1) is 0 Å². The number of amides is 1. The molecule has 2 nitrogen and oxygen atoms in total. The predicted molar refractivity (Wildman–Crippen MR) is 67.7 cm³/mol. The van der Waals surface area contributed by atoms with Crippen LogP contribution in [0.2, 0.25) is 0 Å². The molecule has 0 spiro atoms. The molecule has 2 fully saturated rings. The van der Waals surface area contributed by atoms with Crippen molar-refractivity contribution in [1.29, 1.82) is 0 Å². The maximum absolute atomic E-state index is 11.8. The van der Waals surface area contributed by atoms with Crippen LogP contribution >= 0.6 is 0 Å². The minimum Gasteiger partial charge on any atom is -0.342 e. The molecule has 0 radical (unpaired) electrons. The molecule has 90 valence electrons. The van der Waals surface area contributed by atoms with E-state index < -0.39 is 0 Å². The van der Waals surface area contributed by atoms with Gasteiger partial charge in [-0.25, -0.2) is 0 Å². The van der Waals surface area contributed by atoms with Crippen molar-refractivity contribution >= 4 is 5.91 Å². The van der Waals surface area contributed by atoms with E-state index in [0.717, 1.165) is 6.42 Å². The molecule has 1 heterocycles. The summed E-state index contributed by atoms with van der Waals surface area (Å²) in [5.74, 6) is 1.47. The molecule has 1 aliphatic carbocycles. The van der Waals surface area contributed by atoms with Crippen LogP contribution in [0.15, 0.2) is 30.3 Å². The number of hydrogen-bond donors (Lipinski definition) is 0. The Morgan fingerprint density at radius 2 is 1.94 bits per heavy atom. The fourth-order valence-corrected chi connectivity index (χ4v) is 3.68. The van der Waals surface area contributed by atoms with Crippen LogP contribution < -0.4 is 0 Å². The molecule has 0 N–H and O–H groups in total. The van der Waals surface area contributed by atoms with Gasteiger partial charge in [-0.1, -0.05) is 36.8 Å². The number of likely N-dealkylation sites (tertiary alicyclic amines) is 1. The highest BCUT2D eigenvalue weighted by Crippen LogP contribution is 2.44. The standard InChI is InChI=1S/C15H19NO/c1-16-14(17)10-12-8-5-9-13(15(12)16)11-6-3-2-4-7-11/h2-4,6-7,12-13,15H,5,8-10H2,1H3/t12-,13-,15-/m1/s1. The summed E-state index contributed by atoms with van der Waals surface area (Å²) in [6.45, 7) is 0. The molecule has 0 unspecified atom stereocenters. The van der Waals surface area contributed by atoms with Gasteiger partial charge in [-0.15, -0.1) is 0 Å². The Kier molecular flexibility index (Phi) is 2.65. The fourth-order valence-electron chi connectivity index (χ4n) is 3.68. The van der Waals surface area contributed by atoms with Crippen LogP contribution in [-0.2, 0) is 4.79 Å². The van der Waals surface area contributed by atoms with Gasteiger partial charge in [0, 0.05) is 25.4 Å². The number of carbonyl (C=O) groups is 1. The molecule has 0 aromatic heterocycles. The predicted octanol–water partition coefficient (Wildman–Crippen LogP) is 2.80. The van der Waals surface area contributed by atoms with Gasteiger partial charge in [0.25, 0.3) is 0 Å². The molecule has 1 aromatic carbocycles. The summed E-state index contributed by atoms with van der Waals surface area (Å²) in [6.07, 6.45) is 4.49. The summed E-state index contributed by atoms with van der Waals surface area (Å²) in [5.41, 5.74) is 1.41. The zero-order valence-corrected chi connectivity index (χ0v) is 10.3. The van der Waals surface area contributed by atoms with Gasteiger partial charge in [-0.2, -0.15) is 0 Å². The second-order valence-corrected chi connectivity index (χ2v) is 5.41. The Labute approximate surface area is 103 Å². The minimum atomic E-state index is 0.336. The normalized spacial score (nSPS) is 32.6. The third-order valence-corrected chi connectivity index (χ3v) is 4.49. The Morgan fingerprint density at radius 3 is 2.71 bits per heavy atom. The van der Waals surface area contributed by atoms with E-state index in [1.165, 1.54) is 24.8 Å². The Hall–Kier alpha value is -1.31. The van der Waals surface area contributed by atoms with Gasteiger partial charge in [0.15, 0.2) is 0 Å². The van der Waals surface area contributed by atoms with Crippen molar-refractivity contribution in [2.75, 3.05) is 7.05 Å². The fraction of sp³-hybridized carbons (Fsp3) is 0.533. The minimum absolute atomic E-state index is 0.336. The van der Waals surface area contributed by atoms with Crippen LogP contribution in [0.3, 0.4) is 0 Å². The maximum atomic E-state index is 11.8. The monoisotopic (exact) mass is 229 g/mol. The molecule has 1 saturated carbocycles. The van der Waals surface area contributed by atoms with Gasteiger partial charge in [-0.05, 0) is 24.3 Å². The van der Waals surface area contributed by atoms with Crippen molar-refractivity contribution in [2.45, 2.75) is 37.6 Å². The van der Waals surface area contributed by atoms with Gasteiger partial charge >= 0.3 is 0 Å². The topological polar surface area (TPSA) is 20.3 Å². The number of likely N-dealkylation sites (N-methyl/N-ethyl adjacent to an activating group) is 1. The molecule has 2 aliphatic rings. The van der Waals surface area contributed by atoms with Gasteiger partial charge in [0.1, 0.15) is 0 Å². The van der Waals surface area contributed by atoms with E-state index >= 15 is 0 Å². The SMILES string of the molecule is CN1C(=O)C[C@H]2CCC[C@H](c3ccccc3)[C@@H]21. The van der Waals surface area contributed by atoms with Crippen LogP contribution in [0.1, 0.15) is 37.2 Å². The van der Waals surface area contributed by atoms with Crippen molar-refractivity contribution < 1.29 is 4.79 Å². The first-order valence-electron chi connectivity index (χ1n) is 6.58. The second kappa shape index (κ2) is 4.17. The summed E-state index contributed by atoms with van der Waals surface area (Å²) in [7, 11) is 1.98. The van der Waals surface area contributed by atoms with E-state index in [1.54, 1.807) is 0 Å². The van der Waals surface area contributed by atoms with E-state index in [0.29, 0.717) is 23.8 Å². The molecule has 17 heavy (non-hydrogen) atoms. The van der Waals surface area contributed by atoms with Crippen LogP contribution in [0.25, 0.3) is 0 Å². The Bertz CT molecular complexity index is 414. The summed E-state index contributed by atoms with van der Waals surface area (Å²) in [6, 6.07) is 11.1. The Balaban J connectivity index is 1.92. The van der Waals surface area contributed by atoms with Gasteiger partial charge < -0.3 is 4.90 Å². The quantitative estimate of drug-likeness (QED) is 0.725. The summed E-state index contributed by atoms with van der Waals surface area (Å²) in [5, 5.41) is 0. The first-order valence-corrected chi connectivity index (χ1v) is 6.58. The third-order valence-electron chi connectivity index (χ3n) is 4.49. The molecule has 2 heteroatoms. The van der Waals surface area contributed by atoms with Crippen LogP contribution in [0.4, 0.5) is 0 Å². The number of benzene rings is 1. The van der Waals surface area contributed by atoms with Crippen molar-refractivity contribution in [2.24, 2.45) is 5.92 Å². The first kappa shape index (κ1) is 10.8. The van der Waals surface area contributed by atoms with E-state index in [-0.39, 0.29) is 0 Å². The van der Waals surface area contributed by atoms with Gasteiger partial charge in [-0.3, -0.25) is 4.79 Å². The van der Waals surface area contributed by atoms with Crippen molar-refractivity contribution in [1.82, 2.24) is 4.90 Å². The molecule has 3 rings (SSSR count). The molecule has 1 aromatic rings. The maximum Gasteiger partial charge on any atom is 0.222 e. The van der Waals surface area contributed by atoms with E-state index in [1.807, 2.05) is 11.9 Å². The average Bonchev–Trinajstić information content (AvgIpc) is 2.66. The number of nitrogens with zero attached hydrogens (tertiary/aromatic N) is 1. The summed E-state index contributed by atoms with van der Waals surface area (Å²) < 4.78 is 0. The van der Waals surface area contributed by atoms with E-state index in [9.17, 15) is 4.79 Å². The molecular weight excluding hydrogens is 210 g/mol. The third kappa shape index (κ3) is 1.76. The number of hydrogen-bond acceptors (Lipinski definition) is 1. The smallest absolute Gasteiger partial charge is 0.222 e. The van der Waals surface area contributed by atoms with Crippen LogP contribution in [0, 0.1) is 5.92 Å². The lowest BCUT2D eigenvalue weighted by molar-refractivity contribution is -0.127. The zero-order chi connectivity index (χ0) is 11.8. The lowest BCUT2D eigenvalue weighted by Gasteiger charge is -2.37. The van der Waals surface area contributed by atoms with Crippen LogP contribution in [0.5, 0.6) is 0 Å². The lowest BCUT2D eigenvalue weighted by atomic mass is 9.74. The molecule has 1 saturated heterocycles. The molecule has 1 amide bonds. The average molecular weight is 229 g/mol. The zero-order valence-electron chi connectivity index (χ0n) is 10.3. The van der Waals surface area contributed by atoms with Crippen molar-refractivity contribution in [3.05, 3.63) is 35.9 Å². The summed E-state index contributed by atoms with van der Waals surface area (Å²) >= 11 is 0. The molecule has 1 aliphatic heterocycles. The van der Waals surface area contributed by atoms with Crippen LogP contribution in [-0.4, -0.2) is 23.9 Å². The number of fused-ring (bicyclic) bond motifs is 1. The van der Waals surface area contributed by atoms with Gasteiger partial charge in [0.2, 0.25) is 5.91 Å². The number of rotatable bonds is 1. The molecule has 0 bridgehead atoms. The highest BCUT2D eigenvalue weighted by molar-refractivity contribution is 5.79. The lowest BCUT2D eigenvalue weighted by Crippen LogP contribution is -2.39. The molecule has 3 atom stereocenters. The van der Waals surface area contributed by atoms with Crippen molar-refractivity contribution in [3.63, 3.8) is 0 Å². The highest BCUT2D eigenvalue weighted by Gasteiger charge is 2.44. The van der Waals surface area contributed by atoms with E-state index in [4.69, 9.17) is 0 Å². The summed E-state index contributed by atoms with van der Waals surface area (Å²) in [4.78, 5) is 13.8. The largest absolute Gasteiger partial charge is 0.342 e. The second-order valence-electron chi connectivity index (χ2n) is 5.41. The molecular formula is C15H19NO. The number of carbonyl (C=O) groups excluding carboxylic acids is 1. The Morgan fingerprint density at radius 1 is 1.18 bits per heavy atom. The first-order chi connectivity index (χ1) is 8.27. The van der Waals surface area contributed by atoms with Crippen molar-refractivity contribution in [3.8, 4) is 0 Å². The van der Waals surface area contributed by atoms with E-state index in [2.05, 4.69) is 30.3 Å². The highest BCUT2D eigenvalue weighted by atomic mass is 16.2.